The van der Waals surface area contributed by atoms with Gasteiger partial charge in [-0.3, -0.25) is 14.4 Å². The van der Waals surface area contributed by atoms with Gasteiger partial charge in [-0.25, -0.2) is 0 Å². The van der Waals surface area contributed by atoms with Crippen LogP contribution in [0, 0.1) is 5.41 Å². The van der Waals surface area contributed by atoms with E-state index in [2.05, 4.69) is 44.0 Å². The van der Waals surface area contributed by atoms with E-state index < -0.39 is 11.4 Å². The molecule has 1 aromatic heterocycles. The molecule has 0 radical (unpaired) electrons. The quantitative estimate of drug-likeness (QED) is 0.771. The molecule has 0 spiro atoms. The fraction of sp³-hybridized carbons (Fsp3) is 0.565. The minimum atomic E-state index is -0.824. The molecule has 0 saturated carbocycles. The van der Waals surface area contributed by atoms with Gasteiger partial charge in [-0.2, -0.15) is 5.10 Å². The summed E-state index contributed by atoms with van der Waals surface area (Å²) in [7, 11) is 1.58. The number of nitrogens with zero attached hydrogens (tertiary/aromatic N) is 3. The van der Waals surface area contributed by atoms with Crippen molar-refractivity contribution in [2.24, 2.45) is 5.41 Å². The highest BCUT2D eigenvalue weighted by atomic mass is 16.5. The van der Waals surface area contributed by atoms with Gasteiger partial charge in [0.15, 0.2) is 0 Å². The number of likely N-dealkylation sites (tertiary alicyclic amines) is 1. The first kappa shape index (κ1) is 21.5. The Bertz CT molecular complexity index is 822. The zero-order valence-electron chi connectivity index (χ0n) is 18.0. The Morgan fingerprint density at radius 3 is 2.59 bits per heavy atom. The van der Waals surface area contributed by atoms with Crippen molar-refractivity contribution in [3.05, 3.63) is 53.3 Å². The third-order valence-corrected chi connectivity index (χ3v) is 5.66. The van der Waals surface area contributed by atoms with E-state index in [9.17, 15) is 9.90 Å². The second kappa shape index (κ2) is 8.67. The molecule has 1 N–H and O–H groups in total. The summed E-state index contributed by atoms with van der Waals surface area (Å²) in [5.74, 6) is -0.764. The largest absolute Gasteiger partial charge is 0.481 e. The molecular weight excluding hydrogens is 366 g/mol. The van der Waals surface area contributed by atoms with Crippen molar-refractivity contribution >= 4 is 5.97 Å². The van der Waals surface area contributed by atoms with Crippen molar-refractivity contribution < 1.29 is 14.6 Å². The molecule has 2 heterocycles. The number of aliphatic carboxylic acids is 1. The average Bonchev–Trinajstić information content (AvgIpc) is 3.05. The number of piperidine rings is 1. The van der Waals surface area contributed by atoms with E-state index in [1.807, 2.05) is 22.9 Å². The molecule has 29 heavy (non-hydrogen) atoms. The predicted molar refractivity (Wildman–Crippen MR) is 113 cm³/mol. The van der Waals surface area contributed by atoms with Gasteiger partial charge in [0.2, 0.25) is 0 Å². The highest BCUT2D eigenvalue weighted by Crippen LogP contribution is 2.33. The Hall–Kier alpha value is -2.18. The summed E-state index contributed by atoms with van der Waals surface area (Å²) in [5.41, 5.74) is 2.56. The van der Waals surface area contributed by atoms with Crippen LogP contribution in [-0.2, 0) is 28.0 Å². The molecule has 3 rings (SSSR count). The zero-order chi connectivity index (χ0) is 21.1. The lowest BCUT2D eigenvalue weighted by molar-refractivity contribution is -0.157. The number of carboxylic acids is 1. The van der Waals surface area contributed by atoms with Crippen LogP contribution in [0.3, 0.4) is 0 Å². The summed E-state index contributed by atoms with van der Waals surface area (Å²) in [6.07, 6.45) is 3.64. The van der Waals surface area contributed by atoms with Crippen LogP contribution < -0.4 is 0 Å². The maximum absolute atomic E-state index is 12.0. The molecule has 1 saturated heterocycles. The Kier molecular flexibility index (Phi) is 6.44. The van der Waals surface area contributed by atoms with Crippen LogP contribution in [-0.4, -0.2) is 52.6 Å². The van der Waals surface area contributed by atoms with E-state index in [0.717, 1.165) is 25.2 Å². The molecule has 6 nitrogen and oxygen atoms in total. The smallest absolute Gasteiger partial charge is 0.313 e. The maximum atomic E-state index is 12.0. The summed E-state index contributed by atoms with van der Waals surface area (Å²) in [4.78, 5) is 14.2. The Morgan fingerprint density at radius 1 is 1.24 bits per heavy atom. The van der Waals surface area contributed by atoms with Crippen molar-refractivity contribution in [1.29, 1.82) is 0 Å². The predicted octanol–water partition coefficient (Wildman–Crippen LogP) is 3.54. The maximum Gasteiger partial charge on any atom is 0.313 e. The fourth-order valence-corrected chi connectivity index (χ4v) is 4.29. The van der Waals surface area contributed by atoms with Gasteiger partial charge in [-0.1, -0.05) is 51.1 Å². The minimum absolute atomic E-state index is 0.0799. The zero-order valence-corrected chi connectivity index (χ0v) is 18.0. The van der Waals surface area contributed by atoms with Gasteiger partial charge in [-0.05, 0) is 24.9 Å². The number of methoxy groups -OCH3 is 1. The second-order valence-corrected chi connectivity index (χ2v) is 9.27. The van der Waals surface area contributed by atoms with Crippen LogP contribution in [0.5, 0.6) is 0 Å². The van der Waals surface area contributed by atoms with Crippen LogP contribution in [0.15, 0.2) is 36.5 Å². The Labute approximate surface area is 173 Å². The lowest BCUT2D eigenvalue weighted by Crippen LogP contribution is -2.50. The van der Waals surface area contributed by atoms with Crippen molar-refractivity contribution in [2.75, 3.05) is 26.8 Å². The first-order valence-corrected chi connectivity index (χ1v) is 10.3. The number of aromatic nitrogens is 2. The highest BCUT2D eigenvalue weighted by molar-refractivity contribution is 5.75. The molecule has 6 heteroatoms. The van der Waals surface area contributed by atoms with Crippen molar-refractivity contribution in [1.82, 2.24) is 14.7 Å². The first-order chi connectivity index (χ1) is 13.7. The Balaban J connectivity index is 1.83. The molecule has 1 aliphatic rings. The lowest BCUT2D eigenvalue weighted by Gasteiger charge is -2.39. The van der Waals surface area contributed by atoms with E-state index in [-0.39, 0.29) is 12.0 Å². The number of carboxylic acid groups (broad SMARTS) is 1. The second-order valence-electron chi connectivity index (χ2n) is 9.27. The third-order valence-electron chi connectivity index (χ3n) is 5.66. The number of benzene rings is 1. The average molecular weight is 400 g/mol. The summed E-state index contributed by atoms with van der Waals surface area (Å²) < 4.78 is 7.28. The molecule has 0 amide bonds. The highest BCUT2D eigenvalue weighted by Gasteiger charge is 2.42. The van der Waals surface area contributed by atoms with Gasteiger partial charge >= 0.3 is 5.97 Å². The number of ether oxygens (including phenoxy) is 1. The van der Waals surface area contributed by atoms with E-state index in [1.165, 1.54) is 11.1 Å². The van der Waals surface area contributed by atoms with Crippen molar-refractivity contribution in [3.63, 3.8) is 0 Å². The number of hydrogen-bond acceptors (Lipinski definition) is 4. The van der Waals surface area contributed by atoms with Crippen molar-refractivity contribution in [3.8, 4) is 0 Å². The minimum Gasteiger partial charge on any atom is -0.481 e. The summed E-state index contributed by atoms with van der Waals surface area (Å²) in [6.45, 7) is 9.61. The number of carbonyl (C=O) groups is 1. The van der Waals surface area contributed by atoms with E-state index in [4.69, 9.17) is 9.84 Å². The standard InChI is InChI=1S/C23H33N3O3/c1-22(2,3)20-19(15-26(24-20)13-18-9-6-5-7-10-18)14-25-12-8-11-23(16-25,17-29-4)21(27)28/h5-7,9-10,15H,8,11-14,16-17H2,1-4H3,(H,27,28). The summed E-state index contributed by atoms with van der Waals surface area (Å²) in [6, 6.07) is 10.3. The molecule has 0 bridgehead atoms. The van der Waals surface area contributed by atoms with E-state index >= 15 is 0 Å². The molecule has 158 valence electrons. The van der Waals surface area contributed by atoms with Crippen LogP contribution >= 0.6 is 0 Å². The van der Waals surface area contributed by atoms with Crippen LogP contribution in [0.4, 0.5) is 0 Å². The van der Waals surface area contributed by atoms with Gasteiger partial charge in [0.05, 0.1) is 18.8 Å². The third kappa shape index (κ3) is 5.06. The molecule has 1 atom stereocenters. The van der Waals surface area contributed by atoms with Crippen LogP contribution in [0.25, 0.3) is 0 Å². The molecule has 0 aliphatic carbocycles. The number of hydrogen-bond donors (Lipinski definition) is 1. The summed E-state index contributed by atoms with van der Waals surface area (Å²) in [5, 5.41) is 14.7. The molecule has 1 aromatic carbocycles. The van der Waals surface area contributed by atoms with E-state index in [1.54, 1.807) is 7.11 Å². The monoisotopic (exact) mass is 399 g/mol. The van der Waals surface area contributed by atoms with Crippen molar-refractivity contribution in [2.45, 2.75) is 52.1 Å². The fourth-order valence-electron chi connectivity index (χ4n) is 4.29. The normalized spacial score (nSPS) is 20.7. The lowest BCUT2D eigenvalue weighted by atomic mass is 9.80. The van der Waals surface area contributed by atoms with Gasteiger partial charge in [0, 0.05) is 37.4 Å². The first-order valence-electron chi connectivity index (χ1n) is 10.3. The molecule has 1 unspecified atom stereocenters. The topological polar surface area (TPSA) is 67.6 Å². The summed E-state index contributed by atoms with van der Waals surface area (Å²) >= 11 is 0. The molecule has 1 aliphatic heterocycles. The van der Waals surface area contributed by atoms with E-state index in [0.29, 0.717) is 19.5 Å². The van der Waals surface area contributed by atoms with Crippen LogP contribution in [0.1, 0.15) is 50.4 Å². The van der Waals surface area contributed by atoms with Crippen LogP contribution in [0.2, 0.25) is 0 Å². The molecular formula is C23H33N3O3. The van der Waals surface area contributed by atoms with Gasteiger partial charge in [-0.15, -0.1) is 0 Å². The van der Waals surface area contributed by atoms with Gasteiger partial charge in [0.1, 0.15) is 5.41 Å². The van der Waals surface area contributed by atoms with Gasteiger partial charge < -0.3 is 9.84 Å². The van der Waals surface area contributed by atoms with Gasteiger partial charge in [0.25, 0.3) is 0 Å². The Morgan fingerprint density at radius 2 is 1.97 bits per heavy atom. The molecule has 2 aromatic rings. The SMILES string of the molecule is COCC1(C(=O)O)CCCN(Cc2cn(Cc3ccccc3)nc2C(C)(C)C)C1. The number of rotatable bonds is 7. The molecule has 1 fully saturated rings.